The minimum atomic E-state index is -0.398. The Morgan fingerprint density at radius 3 is 2.53 bits per heavy atom. The predicted octanol–water partition coefficient (Wildman–Crippen LogP) is 4.56. The zero-order valence-corrected chi connectivity index (χ0v) is 14.0. The molecule has 0 bridgehead atoms. The molecule has 2 nitrogen and oxygen atoms in total. The molecule has 0 aromatic heterocycles. The van der Waals surface area contributed by atoms with Crippen molar-refractivity contribution >= 4 is 27.5 Å². The molecule has 2 atom stereocenters. The second-order valence-corrected chi connectivity index (χ2v) is 5.98. The van der Waals surface area contributed by atoms with Crippen LogP contribution in [-0.4, -0.2) is 19.8 Å². The van der Waals surface area contributed by atoms with E-state index in [1.807, 2.05) is 6.92 Å². The molecular weight excluding hydrogens is 333 g/mol. The number of methoxy groups -OCH3 is 1. The minimum absolute atomic E-state index is 0.110. The van der Waals surface area contributed by atoms with Crippen molar-refractivity contribution in [2.75, 3.05) is 13.7 Å². The van der Waals surface area contributed by atoms with Gasteiger partial charge in [-0.3, -0.25) is 0 Å². The van der Waals surface area contributed by atoms with E-state index in [2.05, 4.69) is 35.1 Å². The van der Waals surface area contributed by atoms with Gasteiger partial charge in [-0.25, -0.2) is 4.39 Å². The number of likely N-dealkylation sites (N-methyl/N-ethyl adjacent to an activating group) is 1. The summed E-state index contributed by atoms with van der Waals surface area (Å²) in [6.45, 7) is 6.82. The van der Waals surface area contributed by atoms with E-state index in [0.29, 0.717) is 10.0 Å². The zero-order chi connectivity index (χ0) is 14.6. The van der Waals surface area contributed by atoms with Crippen molar-refractivity contribution in [2.45, 2.75) is 32.9 Å². The van der Waals surface area contributed by atoms with Gasteiger partial charge in [0.05, 0.1) is 17.2 Å². The topological polar surface area (TPSA) is 21.3 Å². The highest BCUT2D eigenvalue weighted by molar-refractivity contribution is 9.10. The Kier molecular flexibility index (Phi) is 6.74. The van der Waals surface area contributed by atoms with Crippen LogP contribution in [0, 0.1) is 11.7 Å². The van der Waals surface area contributed by atoms with Gasteiger partial charge in [0.25, 0.3) is 0 Å². The Labute approximate surface area is 127 Å². The van der Waals surface area contributed by atoms with Crippen molar-refractivity contribution in [2.24, 2.45) is 5.92 Å². The zero-order valence-electron chi connectivity index (χ0n) is 11.6. The van der Waals surface area contributed by atoms with Crippen LogP contribution in [0.5, 0.6) is 0 Å². The van der Waals surface area contributed by atoms with Crippen molar-refractivity contribution < 1.29 is 9.13 Å². The standard InChI is InChI=1S/C14H20BrClFNO/c1-5-18-13(14(19-4)8(2)3)9-6-7-10(15)11(16)12(9)17/h6-8,13-14,18H,5H2,1-4H3. The van der Waals surface area contributed by atoms with Crippen molar-refractivity contribution in [1.82, 2.24) is 5.32 Å². The highest BCUT2D eigenvalue weighted by atomic mass is 79.9. The van der Waals surface area contributed by atoms with Crippen molar-refractivity contribution in [1.29, 1.82) is 0 Å². The van der Waals surface area contributed by atoms with Gasteiger partial charge in [-0.2, -0.15) is 0 Å². The van der Waals surface area contributed by atoms with Crippen LogP contribution in [0.3, 0.4) is 0 Å². The third-order valence-electron chi connectivity index (χ3n) is 3.08. The van der Waals surface area contributed by atoms with Gasteiger partial charge in [0.1, 0.15) is 5.82 Å². The number of benzene rings is 1. The van der Waals surface area contributed by atoms with Crippen LogP contribution < -0.4 is 5.32 Å². The van der Waals surface area contributed by atoms with Crippen LogP contribution in [0.15, 0.2) is 16.6 Å². The molecule has 2 unspecified atom stereocenters. The maximum absolute atomic E-state index is 14.3. The predicted molar refractivity (Wildman–Crippen MR) is 81.2 cm³/mol. The van der Waals surface area contributed by atoms with Crippen LogP contribution in [0.4, 0.5) is 4.39 Å². The number of rotatable bonds is 6. The van der Waals surface area contributed by atoms with Gasteiger partial charge in [0.2, 0.25) is 0 Å². The molecule has 0 fully saturated rings. The fourth-order valence-electron chi connectivity index (χ4n) is 2.20. The largest absolute Gasteiger partial charge is 0.379 e. The van der Waals surface area contributed by atoms with E-state index in [1.54, 1.807) is 19.2 Å². The number of halogens is 3. The first-order chi connectivity index (χ1) is 8.93. The molecule has 0 radical (unpaired) electrons. The molecule has 0 amide bonds. The first-order valence-corrected chi connectivity index (χ1v) is 7.50. The van der Waals surface area contributed by atoms with Crippen LogP contribution in [0.25, 0.3) is 0 Å². The van der Waals surface area contributed by atoms with Crippen molar-refractivity contribution in [3.05, 3.63) is 33.0 Å². The Balaban J connectivity index is 3.22. The summed E-state index contributed by atoms with van der Waals surface area (Å²) in [5, 5.41) is 3.39. The lowest BCUT2D eigenvalue weighted by Gasteiger charge is -2.30. The fraction of sp³-hybridized carbons (Fsp3) is 0.571. The van der Waals surface area contributed by atoms with Gasteiger partial charge in [-0.05, 0) is 34.5 Å². The van der Waals surface area contributed by atoms with Gasteiger partial charge in [-0.15, -0.1) is 0 Å². The Morgan fingerprint density at radius 2 is 2.05 bits per heavy atom. The molecular formula is C14H20BrClFNO. The summed E-state index contributed by atoms with van der Waals surface area (Å²) in [6.07, 6.45) is -0.119. The molecule has 0 saturated carbocycles. The summed E-state index contributed by atoms with van der Waals surface area (Å²) in [7, 11) is 1.65. The summed E-state index contributed by atoms with van der Waals surface area (Å²) in [6, 6.07) is 3.28. The molecule has 0 aliphatic heterocycles. The van der Waals surface area contributed by atoms with E-state index >= 15 is 0 Å². The maximum Gasteiger partial charge on any atom is 0.147 e. The van der Waals surface area contributed by atoms with E-state index < -0.39 is 5.82 Å². The van der Waals surface area contributed by atoms with Gasteiger partial charge >= 0.3 is 0 Å². The summed E-state index contributed by atoms with van der Waals surface area (Å²) < 4.78 is 20.4. The summed E-state index contributed by atoms with van der Waals surface area (Å²) in [5.74, 6) is -0.138. The van der Waals surface area contributed by atoms with E-state index in [1.165, 1.54) is 0 Å². The minimum Gasteiger partial charge on any atom is -0.379 e. The van der Waals surface area contributed by atoms with Gasteiger partial charge in [0.15, 0.2) is 0 Å². The second kappa shape index (κ2) is 7.58. The SMILES string of the molecule is CCNC(c1ccc(Br)c(Cl)c1F)C(OC)C(C)C. The van der Waals surface area contributed by atoms with E-state index in [0.717, 1.165) is 6.54 Å². The van der Waals surface area contributed by atoms with Gasteiger partial charge in [0, 0.05) is 17.1 Å². The third kappa shape index (κ3) is 3.91. The number of hydrogen-bond acceptors (Lipinski definition) is 2. The Hall–Kier alpha value is -0.160. The lowest BCUT2D eigenvalue weighted by molar-refractivity contribution is 0.0321. The van der Waals surface area contributed by atoms with E-state index in [-0.39, 0.29) is 23.1 Å². The van der Waals surface area contributed by atoms with Crippen LogP contribution >= 0.6 is 27.5 Å². The van der Waals surface area contributed by atoms with E-state index in [9.17, 15) is 4.39 Å². The van der Waals surface area contributed by atoms with Gasteiger partial charge in [-0.1, -0.05) is 38.4 Å². The lowest BCUT2D eigenvalue weighted by atomic mass is 9.93. The molecule has 1 N–H and O–H groups in total. The van der Waals surface area contributed by atoms with Crippen LogP contribution in [-0.2, 0) is 4.74 Å². The quantitative estimate of drug-likeness (QED) is 0.758. The average molecular weight is 353 g/mol. The van der Waals surface area contributed by atoms with Crippen molar-refractivity contribution in [3.8, 4) is 0 Å². The third-order valence-corrected chi connectivity index (χ3v) is 4.34. The molecule has 0 saturated heterocycles. The molecule has 1 rings (SSSR count). The van der Waals surface area contributed by atoms with Crippen molar-refractivity contribution in [3.63, 3.8) is 0 Å². The summed E-state index contributed by atoms with van der Waals surface area (Å²) in [4.78, 5) is 0. The maximum atomic E-state index is 14.3. The highest BCUT2D eigenvalue weighted by Gasteiger charge is 2.28. The number of nitrogens with one attached hydrogen (secondary N) is 1. The molecule has 19 heavy (non-hydrogen) atoms. The van der Waals surface area contributed by atoms with Crippen LogP contribution in [0.2, 0.25) is 5.02 Å². The van der Waals surface area contributed by atoms with E-state index in [4.69, 9.17) is 16.3 Å². The Bertz CT molecular complexity index is 428. The van der Waals surface area contributed by atoms with Gasteiger partial charge < -0.3 is 10.1 Å². The first-order valence-electron chi connectivity index (χ1n) is 6.33. The molecule has 1 aromatic rings. The highest BCUT2D eigenvalue weighted by Crippen LogP contribution is 2.33. The molecule has 1 aromatic carbocycles. The molecule has 0 aliphatic carbocycles. The summed E-state index contributed by atoms with van der Waals surface area (Å²) in [5.41, 5.74) is 0.538. The fourth-order valence-corrected chi connectivity index (χ4v) is 2.68. The smallest absolute Gasteiger partial charge is 0.147 e. The molecule has 108 valence electrons. The average Bonchev–Trinajstić information content (AvgIpc) is 2.36. The molecule has 0 spiro atoms. The lowest BCUT2D eigenvalue weighted by Crippen LogP contribution is -2.37. The normalized spacial score (nSPS) is 14.7. The second-order valence-electron chi connectivity index (χ2n) is 4.74. The summed E-state index contributed by atoms with van der Waals surface area (Å²) >= 11 is 9.19. The number of ether oxygens (including phenoxy) is 1. The molecule has 5 heteroatoms. The molecule has 0 heterocycles. The molecule has 0 aliphatic rings. The Morgan fingerprint density at radius 1 is 1.42 bits per heavy atom. The monoisotopic (exact) mass is 351 g/mol. The number of hydrogen-bond donors (Lipinski definition) is 1. The first kappa shape index (κ1) is 16.9. The van der Waals surface area contributed by atoms with Crippen LogP contribution in [0.1, 0.15) is 32.4 Å².